The minimum Gasteiger partial charge on any atom is -0.313 e. The van der Waals surface area contributed by atoms with E-state index in [0.717, 1.165) is 24.4 Å². The summed E-state index contributed by atoms with van der Waals surface area (Å²) in [5, 5.41) is 3.58. The van der Waals surface area contributed by atoms with Gasteiger partial charge in [-0.2, -0.15) is 0 Å². The van der Waals surface area contributed by atoms with Crippen LogP contribution in [0.25, 0.3) is 0 Å². The normalized spacial score (nSPS) is 24.8. The number of hydrogen-bond acceptors (Lipinski definition) is 1. The third kappa shape index (κ3) is 3.53. The van der Waals surface area contributed by atoms with E-state index in [4.69, 9.17) is 0 Å². The molecule has 1 nitrogen and oxygen atoms in total. The fourth-order valence-corrected chi connectivity index (χ4v) is 2.71. The van der Waals surface area contributed by atoms with Crippen molar-refractivity contribution in [3.05, 3.63) is 35.6 Å². The minimum absolute atomic E-state index is 0.0778. The SMILES string of the molecule is CC1CCCCC1NCCc1ccccc1F. The monoisotopic (exact) mass is 235 g/mol. The molecular formula is C15H22FN. The molecule has 94 valence electrons. The Morgan fingerprint density at radius 1 is 1.24 bits per heavy atom. The molecule has 2 atom stereocenters. The number of benzene rings is 1. The van der Waals surface area contributed by atoms with Crippen LogP contribution in [-0.2, 0) is 6.42 Å². The van der Waals surface area contributed by atoms with Crippen LogP contribution in [0.2, 0.25) is 0 Å². The molecule has 0 aromatic heterocycles. The van der Waals surface area contributed by atoms with Gasteiger partial charge in [-0.15, -0.1) is 0 Å². The highest BCUT2D eigenvalue weighted by atomic mass is 19.1. The standard InChI is InChI=1S/C15H22FN/c1-12-6-2-5-9-15(12)17-11-10-13-7-3-4-8-14(13)16/h3-4,7-8,12,15,17H,2,5-6,9-11H2,1H3. The Hall–Kier alpha value is -0.890. The van der Waals surface area contributed by atoms with Crippen LogP contribution in [0.3, 0.4) is 0 Å². The second-order valence-corrected chi connectivity index (χ2v) is 5.16. The molecule has 0 saturated heterocycles. The number of halogens is 1. The van der Waals surface area contributed by atoms with Crippen molar-refractivity contribution in [2.24, 2.45) is 5.92 Å². The van der Waals surface area contributed by atoms with Crippen LogP contribution < -0.4 is 5.32 Å². The van der Waals surface area contributed by atoms with Crippen molar-refractivity contribution in [3.8, 4) is 0 Å². The van der Waals surface area contributed by atoms with Crippen molar-refractivity contribution in [1.82, 2.24) is 5.32 Å². The summed E-state index contributed by atoms with van der Waals surface area (Å²) in [6, 6.07) is 7.70. The topological polar surface area (TPSA) is 12.0 Å². The molecule has 0 radical (unpaired) electrons. The lowest BCUT2D eigenvalue weighted by Gasteiger charge is -2.29. The van der Waals surface area contributed by atoms with E-state index in [-0.39, 0.29) is 5.82 Å². The van der Waals surface area contributed by atoms with E-state index in [9.17, 15) is 4.39 Å². The highest BCUT2D eigenvalue weighted by Crippen LogP contribution is 2.23. The Bertz CT molecular complexity index is 351. The zero-order chi connectivity index (χ0) is 12.1. The predicted octanol–water partition coefficient (Wildman–Crippen LogP) is 3.54. The Morgan fingerprint density at radius 3 is 2.76 bits per heavy atom. The summed E-state index contributed by atoms with van der Waals surface area (Å²) < 4.78 is 13.4. The summed E-state index contributed by atoms with van der Waals surface area (Å²) in [6.07, 6.45) is 6.10. The molecule has 1 aromatic rings. The van der Waals surface area contributed by atoms with Crippen molar-refractivity contribution in [1.29, 1.82) is 0 Å². The summed E-state index contributed by atoms with van der Waals surface area (Å²) in [4.78, 5) is 0. The van der Waals surface area contributed by atoms with Crippen molar-refractivity contribution in [3.63, 3.8) is 0 Å². The predicted molar refractivity (Wildman–Crippen MR) is 69.5 cm³/mol. The summed E-state index contributed by atoms with van der Waals surface area (Å²) in [5.41, 5.74) is 0.823. The van der Waals surface area contributed by atoms with E-state index >= 15 is 0 Å². The van der Waals surface area contributed by atoms with Gasteiger partial charge in [0.25, 0.3) is 0 Å². The molecular weight excluding hydrogens is 213 g/mol. The van der Waals surface area contributed by atoms with E-state index in [0.29, 0.717) is 6.04 Å². The van der Waals surface area contributed by atoms with Gasteiger partial charge in [-0.3, -0.25) is 0 Å². The van der Waals surface area contributed by atoms with E-state index in [1.54, 1.807) is 12.1 Å². The van der Waals surface area contributed by atoms with Crippen LogP contribution >= 0.6 is 0 Å². The maximum atomic E-state index is 13.4. The van der Waals surface area contributed by atoms with Gasteiger partial charge in [0.1, 0.15) is 5.82 Å². The van der Waals surface area contributed by atoms with Gasteiger partial charge in [0.2, 0.25) is 0 Å². The Morgan fingerprint density at radius 2 is 2.00 bits per heavy atom. The van der Waals surface area contributed by atoms with Crippen molar-refractivity contribution < 1.29 is 4.39 Å². The maximum absolute atomic E-state index is 13.4. The first kappa shape index (κ1) is 12.6. The molecule has 0 bridgehead atoms. The van der Waals surface area contributed by atoms with E-state index in [2.05, 4.69) is 12.2 Å². The molecule has 1 fully saturated rings. The maximum Gasteiger partial charge on any atom is 0.126 e. The Balaban J connectivity index is 1.77. The molecule has 2 heteroatoms. The minimum atomic E-state index is -0.0778. The number of nitrogens with one attached hydrogen (secondary N) is 1. The molecule has 1 aliphatic rings. The number of rotatable bonds is 4. The second kappa shape index (κ2) is 6.15. The van der Waals surface area contributed by atoms with Gasteiger partial charge in [0.15, 0.2) is 0 Å². The van der Waals surface area contributed by atoms with Crippen LogP contribution in [0.4, 0.5) is 4.39 Å². The average molecular weight is 235 g/mol. The fourth-order valence-electron chi connectivity index (χ4n) is 2.71. The first-order chi connectivity index (χ1) is 8.27. The highest BCUT2D eigenvalue weighted by molar-refractivity contribution is 5.17. The molecule has 1 aromatic carbocycles. The van der Waals surface area contributed by atoms with Crippen molar-refractivity contribution in [2.45, 2.75) is 45.1 Å². The molecule has 0 heterocycles. The largest absolute Gasteiger partial charge is 0.313 e. The van der Waals surface area contributed by atoms with Gasteiger partial charge in [-0.25, -0.2) is 4.39 Å². The molecule has 1 saturated carbocycles. The van der Waals surface area contributed by atoms with Crippen LogP contribution in [0.1, 0.15) is 38.2 Å². The molecule has 17 heavy (non-hydrogen) atoms. The number of hydrogen-bond donors (Lipinski definition) is 1. The Kier molecular flexibility index (Phi) is 4.55. The lowest BCUT2D eigenvalue weighted by Crippen LogP contribution is -2.38. The quantitative estimate of drug-likeness (QED) is 0.841. The first-order valence-electron chi connectivity index (χ1n) is 6.74. The van der Waals surface area contributed by atoms with Crippen LogP contribution in [-0.4, -0.2) is 12.6 Å². The van der Waals surface area contributed by atoms with E-state index in [1.807, 2.05) is 12.1 Å². The van der Waals surface area contributed by atoms with Gasteiger partial charge in [-0.1, -0.05) is 38.0 Å². The second-order valence-electron chi connectivity index (χ2n) is 5.16. The molecule has 1 N–H and O–H groups in total. The zero-order valence-electron chi connectivity index (χ0n) is 10.6. The lowest BCUT2D eigenvalue weighted by atomic mass is 9.86. The van der Waals surface area contributed by atoms with Crippen LogP contribution in [0.15, 0.2) is 24.3 Å². The average Bonchev–Trinajstić information content (AvgIpc) is 2.34. The molecule has 0 amide bonds. The molecule has 2 unspecified atom stereocenters. The molecule has 1 aliphatic carbocycles. The van der Waals surface area contributed by atoms with Gasteiger partial charge >= 0.3 is 0 Å². The van der Waals surface area contributed by atoms with Gasteiger partial charge in [0.05, 0.1) is 0 Å². The summed E-state index contributed by atoms with van der Waals surface area (Å²) in [7, 11) is 0. The third-order valence-corrected chi connectivity index (χ3v) is 3.87. The molecule has 0 spiro atoms. The summed E-state index contributed by atoms with van der Waals surface area (Å²) >= 11 is 0. The van der Waals surface area contributed by atoms with Crippen molar-refractivity contribution in [2.75, 3.05) is 6.54 Å². The van der Waals surface area contributed by atoms with Crippen LogP contribution in [0.5, 0.6) is 0 Å². The van der Waals surface area contributed by atoms with Gasteiger partial charge in [0, 0.05) is 6.04 Å². The van der Waals surface area contributed by atoms with Gasteiger partial charge < -0.3 is 5.32 Å². The van der Waals surface area contributed by atoms with E-state index < -0.39 is 0 Å². The Labute approximate surface area is 103 Å². The van der Waals surface area contributed by atoms with E-state index in [1.165, 1.54) is 25.7 Å². The fraction of sp³-hybridized carbons (Fsp3) is 0.600. The first-order valence-corrected chi connectivity index (χ1v) is 6.74. The summed E-state index contributed by atoms with van der Waals surface area (Å²) in [6.45, 7) is 3.20. The highest BCUT2D eigenvalue weighted by Gasteiger charge is 2.20. The lowest BCUT2D eigenvalue weighted by molar-refractivity contribution is 0.282. The zero-order valence-corrected chi connectivity index (χ0v) is 10.6. The van der Waals surface area contributed by atoms with Crippen molar-refractivity contribution >= 4 is 0 Å². The smallest absolute Gasteiger partial charge is 0.126 e. The summed E-state index contributed by atoms with van der Waals surface area (Å²) in [5.74, 6) is 0.690. The van der Waals surface area contributed by atoms with Crippen LogP contribution in [0, 0.1) is 11.7 Å². The van der Waals surface area contributed by atoms with Gasteiger partial charge in [-0.05, 0) is 43.4 Å². The molecule has 2 rings (SSSR count). The third-order valence-electron chi connectivity index (χ3n) is 3.87. The molecule has 0 aliphatic heterocycles.